The number of aromatic nitrogens is 2. The molecule has 1 N–H and O–H groups in total. The summed E-state index contributed by atoms with van der Waals surface area (Å²) in [7, 11) is 6.85. The summed E-state index contributed by atoms with van der Waals surface area (Å²) in [5, 5.41) is 15.1. The number of hydrogen-bond donors (Lipinski definition) is 1. The Morgan fingerprint density at radius 3 is 2.45 bits per heavy atom. The lowest BCUT2D eigenvalue weighted by atomic mass is 10.0. The number of likely N-dealkylation sites (N-methyl/N-ethyl adjacent to an activating group) is 1. The number of anilines is 3. The van der Waals surface area contributed by atoms with E-state index in [2.05, 4.69) is 15.3 Å². The quantitative estimate of drug-likeness (QED) is 0.136. The molecule has 2 saturated heterocycles. The number of fused-ring (bicyclic) bond motifs is 1. The molecule has 284 valence electrons. The van der Waals surface area contributed by atoms with Crippen LogP contribution in [-0.2, 0) is 16.1 Å². The van der Waals surface area contributed by atoms with Crippen molar-refractivity contribution in [1.82, 2.24) is 14.9 Å². The van der Waals surface area contributed by atoms with E-state index >= 15 is 0 Å². The standard InChI is InChI=1S/C35H44Cl2N9O7/c1-46(2,21-22-7-12-38-32(22)45(49)50)15-5-6-28(47)42-13-8-25(9-14-42)44-33-23(19-39-34(41-33)40-24-10-16-53-17-11-24)20-43(35(44)48)31-29(36)26(51-3)18-27(52-4)30(31)37/h5-6,12,18-19,24-25H,7-11,13-17,20-21H2,1-4H3,(H,39,40,41)/q+1/b6-5+. The minimum Gasteiger partial charge on any atom is -0.495 e. The number of methoxy groups -OCH3 is 2. The van der Waals surface area contributed by atoms with E-state index in [0.717, 1.165) is 12.8 Å². The molecule has 0 radical (unpaired) electrons. The molecule has 6 rings (SSSR count). The van der Waals surface area contributed by atoms with Gasteiger partial charge in [0.25, 0.3) is 0 Å². The van der Waals surface area contributed by atoms with Crippen molar-refractivity contribution in [3.05, 3.63) is 61.5 Å². The van der Waals surface area contributed by atoms with Crippen LogP contribution in [0.3, 0.4) is 0 Å². The number of piperidine rings is 1. The zero-order valence-corrected chi connectivity index (χ0v) is 31.7. The highest BCUT2D eigenvalue weighted by Gasteiger charge is 2.41. The van der Waals surface area contributed by atoms with E-state index in [4.69, 9.17) is 42.4 Å². The van der Waals surface area contributed by atoms with Crippen molar-refractivity contribution in [3.63, 3.8) is 0 Å². The van der Waals surface area contributed by atoms with E-state index in [1.807, 2.05) is 14.1 Å². The summed E-state index contributed by atoms with van der Waals surface area (Å²) in [5.74, 6) is 1.28. The number of aliphatic imine (C=N–C) groups is 1. The third kappa shape index (κ3) is 8.35. The molecule has 0 aliphatic carbocycles. The van der Waals surface area contributed by atoms with E-state index in [0.29, 0.717) is 97.5 Å². The molecule has 4 aliphatic heterocycles. The predicted molar refractivity (Wildman–Crippen MR) is 201 cm³/mol. The molecule has 0 atom stereocenters. The second-order valence-electron chi connectivity index (χ2n) is 14.0. The number of urea groups is 1. The van der Waals surface area contributed by atoms with Gasteiger partial charge in [-0.05, 0) is 36.7 Å². The van der Waals surface area contributed by atoms with Crippen molar-refractivity contribution >= 4 is 58.8 Å². The highest BCUT2D eigenvalue weighted by molar-refractivity contribution is 6.42. The molecule has 4 aliphatic rings. The molecular formula is C35H44Cl2N9O7+. The molecule has 16 nitrogen and oxygen atoms in total. The van der Waals surface area contributed by atoms with Gasteiger partial charge in [-0.2, -0.15) is 4.98 Å². The highest BCUT2D eigenvalue weighted by Crippen LogP contribution is 2.48. The van der Waals surface area contributed by atoms with Crippen molar-refractivity contribution in [2.45, 2.75) is 50.7 Å². The Balaban J connectivity index is 1.20. The highest BCUT2D eigenvalue weighted by atomic mass is 35.5. The molecule has 53 heavy (non-hydrogen) atoms. The van der Waals surface area contributed by atoms with Crippen LogP contribution in [0, 0.1) is 10.1 Å². The SMILES string of the molecule is COc1cc(OC)c(Cl)c(N2Cc3cnc(NC4CCOCC4)nc3N(C3CCN(C(=O)/C=C/C[N+](C)(C)CC4=C([N+](=O)[O-])N=CC4)CC3)C2=O)c1Cl. The summed E-state index contributed by atoms with van der Waals surface area (Å²) >= 11 is 13.6. The zero-order valence-electron chi connectivity index (χ0n) is 30.2. The van der Waals surface area contributed by atoms with Crippen LogP contribution in [0.25, 0.3) is 0 Å². The van der Waals surface area contributed by atoms with E-state index < -0.39 is 4.92 Å². The summed E-state index contributed by atoms with van der Waals surface area (Å²) in [4.78, 5) is 57.2. The Hall–Kier alpha value is -4.51. The number of halogens is 2. The normalized spacial score (nSPS) is 18.6. The van der Waals surface area contributed by atoms with Gasteiger partial charge in [-0.3, -0.25) is 14.6 Å². The third-order valence-corrected chi connectivity index (χ3v) is 10.6. The van der Waals surface area contributed by atoms with E-state index in [9.17, 15) is 19.7 Å². The summed E-state index contributed by atoms with van der Waals surface area (Å²) in [6.45, 7) is 3.16. The number of hydrogen-bond acceptors (Lipinski definition) is 11. The largest absolute Gasteiger partial charge is 0.495 e. The van der Waals surface area contributed by atoms with Gasteiger partial charge in [-0.25, -0.2) is 9.78 Å². The maximum absolute atomic E-state index is 14.6. The number of benzene rings is 1. The van der Waals surface area contributed by atoms with Crippen LogP contribution in [0.4, 0.5) is 22.2 Å². The number of amides is 3. The van der Waals surface area contributed by atoms with Crippen molar-refractivity contribution in [2.24, 2.45) is 4.99 Å². The first-order valence-electron chi connectivity index (χ1n) is 17.5. The number of quaternary nitrogens is 1. The molecule has 2 aromatic rings. The van der Waals surface area contributed by atoms with Crippen molar-refractivity contribution in [2.75, 3.05) is 82.8 Å². The van der Waals surface area contributed by atoms with Gasteiger partial charge in [0.2, 0.25) is 11.9 Å². The topological polar surface area (TPSA) is 165 Å². The first-order valence-corrected chi connectivity index (χ1v) is 18.2. The molecule has 0 unspecified atom stereocenters. The molecule has 0 bridgehead atoms. The number of carbonyl (C=O) groups is 2. The van der Waals surface area contributed by atoms with E-state index in [1.165, 1.54) is 19.1 Å². The number of nitro groups is 1. The first-order chi connectivity index (χ1) is 25.4. The minimum atomic E-state index is -0.453. The Kier molecular flexibility index (Phi) is 11.7. The Bertz CT molecular complexity index is 1810. The van der Waals surface area contributed by atoms with Gasteiger partial charge in [-0.15, -0.1) is 0 Å². The van der Waals surface area contributed by atoms with Gasteiger partial charge in [0.05, 0.1) is 52.7 Å². The lowest BCUT2D eigenvalue weighted by Crippen LogP contribution is -2.55. The smallest absolute Gasteiger partial charge is 0.368 e. The summed E-state index contributed by atoms with van der Waals surface area (Å²) in [6.07, 6.45) is 9.70. The van der Waals surface area contributed by atoms with Crippen LogP contribution in [0.2, 0.25) is 10.0 Å². The van der Waals surface area contributed by atoms with Crippen molar-refractivity contribution < 1.29 is 33.2 Å². The molecule has 3 amide bonds. The number of nitrogens with zero attached hydrogens (tertiary/aromatic N) is 8. The average molecular weight is 774 g/mol. The summed E-state index contributed by atoms with van der Waals surface area (Å²) in [5.41, 5.74) is 1.62. The lowest BCUT2D eigenvalue weighted by molar-refractivity contribution is -0.880. The van der Waals surface area contributed by atoms with Gasteiger partial charge in [0.1, 0.15) is 40.1 Å². The van der Waals surface area contributed by atoms with E-state index in [1.54, 1.807) is 40.4 Å². The molecule has 0 saturated carbocycles. The van der Waals surface area contributed by atoms with Crippen LogP contribution in [0.5, 0.6) is 11.5 Å². The van der Waals surface area contributed by atoms with Crippen LogP contribution in [0.15, 0.2) is 40.8 Å². The molecule has 1 aromatic carbocycles. The monoisotopic (exact) mass is 772 g/mol. The fourth-order valence-electron chi connectivity index (χ4n) is 7.09. The number of ether oxygens (including phenoxy) is 3. The molecule has 0 spiro atoms. The predicted octanol–water partition coefficient (Wildman–Crippen LogP) is 4.92. The first kappa shape index (κ1) is 38.2. The number of nitrogens with one attached hydrogen (secondary N) is 1. The third-order valence-electron chi connectivity index (χ3n) is 9.87. The Morgan fingerprint density at radius 1 is 1.13 bits per heavy atom. The Labute approximate surface area is 317 Å². The van der Waals surface area contributed by atoms with Crippen molar-refractivity contribution in [3.8, 4) is 11.5 Å². The molecule has 1 aromatic heterocycles. The van der Waals surface area contributed by atoms with Crippen LogP contribution in [-0.4, -0.2) is 122 Å². The second-order valence-corrected chi connectivity index (χ2v) is 14.8. The molecule has 5 heterocycles. The van der Waals surface area contributed by atoms with Gasteiger partial charge in [-0.1, -0.05) is 28.2 Å². The van der Waals surface area contributed by atoms with Gasteiger partial charge < -0.3 is 39.0 Å². The van der Waals surface area contributed by atoms with Gasteiger partial charge in [0, 0.05) is 68.7 Å². The molecular weight excluding hydrogens is 729 g/mol. The van der Waals surface area contributed by atoms with Crippen molar-refractivity contribution in [1.29, 1.82) is 0 Å². The molecule has 18 heteroatoms. The fourth-order valence-corrected chi connectivity index (χ4v) is 7.80. The summed E-state index contributed by atoms with van der Waals surface area (Å²) in [6, 6.07) is 1.04. The molecule has 2 fully saturated rings. The second kappa shape index (κ2) is 16.2. The number of likely N-dealkylation sites (tertiary alicyclic amines) is 1. The summed E-state index contributed by atoms with van der Waals surface area (Å²) < 4.78 is 16.9. The minimum absolute atomic E-state index is 0.0928. The van der Waals surface area contributed by atoms with Gasteiger partial charge >= 0.3 is 11.9 Å². The van der Waals surface area contributed by atoms with E-state index in [-0.39, 0.29) is 52.1 Å². The maximum Gasteiger partial charge on any atom is 0.368 e. The average Bonchev–Trinajstić information content (AvgIpc) is 3.60. The van der Waals surface area contributed by atoms with Gasteiger partial charge in [0.15, 0.2) is 0 Å². The maximum atomic E-state index is 14.6. The van der Waals surface area contributed by atoms with Crippen LogP contribution >= 0.6 is 23.2 Å². The number of rotatable bonds is 12. The van der Waals surface area contributed by atoms with Crippen LogP contribution < -0.4 is 24.6 Å². The van der Waals surface area contributed by atoms with Crippen LogP contribution in [0.1, 0.15) is 37.7 Å². The zero-order chi connectivity index (χ0) is 37.9. The fraction of sp³-hybridized carbons (Fsp3) is 0.514. The lowest BCUT2D eigenvalue weighted by Gasteiger charge is -2.43. The Morgan fingerprint density at radius 2 is 1.81 bits per heavy atom. The number of carbonyl (C=O) groups excluding carboxylic acids is 2.